The number of benzene rings is 2. The van der Waals surface area contributed by atoms with Gasteiger partial charge in [-0.25, -0.2) is 4.79 Å². The fourth-order valence-corrected chi connectivity index (χ4v) is 4.37. The quantitative estimate of drug-likeness (QED) is 0.248. The van der Waals surface area contributed by atoms with Crippen LogP contribution in [0.3, 0.4) is 0 Å². The van der Waals surface area contributed by atoms with E-state index in [1.807, 2.05) is 56.3 Å². The summed E-state index contributed by atoms with van der Waals surface area (Å²) >= 11 is 1.44. The summed E-state index contributed by atoms with van der Waals surface area (Å²) in [6, 6.07) is 18.4. The van der Waals surface area contributed by atoms with E-state index in [1.54, 1.807) is 48.2 Å². The molecule has 0 atom stereocenters. The Morgan fingerprint density at radius 2 is 1.82 bits per heavy atom. The molecule has 0 aliphatic carbocycles. The third kappa shape index (κ3) is 6.20. The maximum absolute atomic E-state index is 12.5. The van der Waals surface area contributed by atoms with Gasteiger partial charge in [-0.15, -0.1) is 4.57 Å². The maximum atomic E-state index is 12.5. The highest BCUT2D eigenvalue weighted by Crippen LogP contribution is 2.32. The highest BCUT2D eigenvalue weighted by Gasteiger charge is 2.19. The number of allylic oxidation sites excluding steroid dienone is 1. The molecule has 1 aromatic heterocycles. The fourth-order valence-electron chi connectivity index (χ4n) is 3.38. The van der Waals surface area contributed by atoms with Crippen molar-refractivity contribution in [1.29, 1.82) is 5.41 Å². The predicted octanol–water partition coefficient (Wildman–Crippen LogP) is 4.83. The van der Waals surface area contributed by atoms with Crippen molar-refractivity contribution in [2.24, 2.45) is 5.92 Å². The molecule has 0 fully saturated rings. The second kappa shape index (κ2) is 11.4. The van der Waals surface area contributed by atoms with E-state index >= 15 is 0 Å². The molecule has 1 heterocycles. The van der Waals surface area contributed by atoms with Crippen molar-refractivity contribution >= 4 is 41.1 Å². The number of rotatable bonds is 8. The molecule has 174 valence electrons. The lowest BCUT2D eigenvalue weighted by Crippen LogP contribution is -2.45. The molecule has 3 rings (SSSR count). The standard InChI is InChI=1S/C27H28N4O2S/c1-18(2)16-26(32)31-15-7-6-8-19(31)11-14-23(28)21-13-12-20(17-24(21)29)34-25-10-5-4-9-22(25)27(33)30-3/h4-15,17-18H,16H2,1-3H3,(H3-,28,29,30,33)/p+1/b14-11+. The van der Waals surface area contributed by atoms with Crippen LogP contribution in [0, 0.1) is 11.3 Å². The monoisotopic (exact) mass is 473 g/mol. The molecule has 2 aromatic carbocycles. The van der Waals surface area contributed by atoms with Crippen molar-refractivity contribution in [3.05, 3.63) is 89.8 Å². The largest absolute Gasteiger partial charge is 0.398 e. The summed E-state index contributed by atoms with van der Waals surface area (Å²) in [5.74, 6) is 0.124. The second-order valence-corrected chi connectivity index (χ2v) is 9.28. The highest BCUT2D eigenvalue weighted by molar-refractivity contribution is 7.99. The Labute approximate surface area is 204 Å². The van der Waals surface area contributed by atoms with E-state index in [0.717, 1.165) is 9.79 Å². The highest BCUT2D eigenvalue weighted by atomic mass is 32.2. The second-order valence-electron chi connectivity index (χ2n) is 8.16. The number of nitrogens with zero attached hydrogens (tertiary/aromatic N) is 1. The SMILES string of the molecule is CNC(=O)c1ccccc1Sc1ccc(C(=N)/C=C/c2cccc[n+]2C(=O)CC(C)C)c(N)c1. The number of aromatic nitrogens is 1. The van der Waals surface area contributed by atoms with E-state index in [9.17, 15) is 9.59 Å². The van der Waals surface area contributed by atoms with Gasteiger partial charge in [-0.05, 0) is 48.4 Å². The van der Waals surface area contributed by atoms with Crippen molar-refractivity contribution in [3.8, 4) is 0 Å². The van der Waals surface area contributed by atoms with Gasteiger partial charge in [0.2, 0.25) is 5.69 Å². The van der Waals surface area contributed by atoms with E-state index in [0.29, 0.717) is 28.9 Å². The van der Waals surface area contributed by atoms with Gasteiger partial charge in [0.25, 0.3) is 5.91 Å². The first kappa shape index (κ1) is 24.9. The van der Waals surface area contributed by atoms with Gasteiger partial charge in [0.05, 0.1) is 17.7 Å². The zero-order valence-electron chi connectivity index (χ0n) is 19.5. The number of carbonyl (C=O) groups excluding carboxylic acids is 2. The van der Waals surface area contributed by atoms with E-state index in [2.05, 4.69) is 5.32 Å². The van der Waals surface area contributed by atoms with Gasteiger partial charge in [-0.2, -0.15) is 0 Å². The van der Waals surface area contributed by atoms with Crippen LogP contribution in [0.2, 0.25) is 0 Å². The normalized spacial score (nSPS) is 11.1. The number of carbonyl (C=O) groups is 2. The van der Waals surface area contributed by atoms with Gasteiger partial charge in [-0.1, -0.05) is 37.7 Å². The minimum absolute atomic E-state index is 0.0136. The molecule has 0 bridgehead atoms. The molecule has 4 N–H and O–H groups in total. The smallest absolute Gasteiger partial charge is 0.392 e. The molecule has 3 aromatic rings. The van der Waals surface area contributed by atoms with Crippen LogP contribution < -0.4 is 15.6 Å². The Morgan fingerprint density at radius 1 is 1.09 bits per heavy atom. The minimum Gasteiger partial charge on any atom is -0.398 e. The number of hydrogen-bond donors (Lipinski definition) is 3. The van der Waals surface area contributed by atoms with Crippen LogP contribution in [0.1, 0.15) is 46.7 Å². The molecule has 7 heteroatoms. The van der Waals surface area contributed by atoms with Crippen LogP contribution in [0.15, 0.2) is 82.7 Å². The van der Waals surface area contributed by atoms with Crippen LogP contribution in [-0.2, 0) is 0 Å². The zero-order chi connectivity index (χ0) is 24.7. The Balaban J connectivity index is 1.79. The molecule has 0 aliphatic heterocycles. The summed E-state index contributed by atoms with van der Waals surface area (Å²) in [6.07, 6.45) is 5.59. The first-order chi connectivity index (χ1) is 16.3. The third-order valence-corrected chi connectivity index (χ3v) is 6.13. The van der Waals surface area contributed by atoms with Gasteiger partial charge >= 0.3 is 5.91 Å². The molecule has 0 spiro atoms. The van der Waals surface area contributed by atoms with Crippen molar-refractivity contribution in [2.45, 2.75) is 30.1 Å². The van der Waals surface area contributed by atoms with Crippen LogP contribution in [-0.4, -0.2) is 24.6 Å². The average molecular weight is 474 g/mol. The number of nitrogens with two attached hydrogens (primary N) is 1. The van der Waals surface area contributed by atoms with Crippen LogP contribution >= 0.6 is 11.8 Å². The summed E-state index contributed by atoms with van der Waals surface area (Å²) in [4.78, 5) is 26.4. The molecule has 0 unspecified atom stereocenters. The molecule has 0 radical (unpaired) electrons. The fraction of sp³-hybridized carbons (Fsp3) is 0.185. The Kier molecular flexibility index (Phi) is 8.38. The Hall–Kier alpha value is -3.71. The van der Waals surface area contributed by atoms with E-state index < -0.39 is 0 Å². The third-order valence-electron chi connectivity index (χ3n) is 5.06. The van der Waals surface area contributed by atoms with Gasteiger partial charge in [0, 0.05) is 46.3 Å². The molecule has 6 nitrogen and oxygen atoms in total. The molecular weight excluding hydrogens is 444 g/mol. The summed E-state index contributed by atoms with van der Waals surface area (Å²) in [7, 11) is 1.60. The van der Waals surface area contributed by atoms with Crippen molar-refractivity contribution in [2.75, 3.05) is 12.8 Å². The Bertz CT molecular complexity index is 1250. The van der Waals surface area contributed by atoms with Gasteiger partial charge < -0.3 is 16.5 Å². The first-order valence-electron chi connectivity index (χ1n) is 11.0. The number of pyridine rings is 1. The lowest BCUT2D eigenvalue weighted by atomic mass is 10.1. The summed E-state index contributed by atoms with van der Waals surface area (Å²) in [5.41, 5.74) is 8.87. The molecular formula is C27H29N4O2S+. The summed E-state index contributed by atoms with van der Waals surface area (Å²) in [6.45, 7) is 4.02. The predicted molar refractivity (Wildman–Crippen MR) is 137 cm³/mol. The van der Waals surface area contributed by atoms with Crippen LogP contribution in [0.4, 0.5) is 5.69 Å². The number of nitrogen functional groups attached to an aromatic ring is 1. The van der Waals surface area contributed by atoms with E-state index in [1.165, 1.54) is 11.8 Å². The maximum Gasteiger partial charge on any atom is 0.392 e. The number of nitrogens with one attached hydrogen (secondary N) is 2. The zero-order valence-corrected chi connectivity index (χ0v) is 20.4. The summed E-state index contributed by atoms with van der Waals surface area (Å²) < 4.78 is 1.61. The van der Waals surface area contributed by atoms with Gasteiger partial charge in [0.1, 0.15) is 0 Å². The molecule has 0 saturated heterocycles. The van der Waals surface area contributed by atoms with Gasteiger partial charge in [-0.3, -0.25) is 4.79 Å². The van der Waals surface area contributed by atoms with Crippen molar-refractivity contribution < 1.29 is 14.2 Å². The molecule has 0 aliphatic rings. The van der Waals surface area contributed by atoms with Crippen molar-refractivity contribution in [3.63, 3.8) is 0 Å². The topological polar surface area (TPSA) is 99.9 Å². The van der Waals surface area contributed by atoms with E-state index in [-0.39, 0.29) is 23.4 Å². The first-order valence-corrected chi connectivity index (χ1v) is 11.8. The van der Waals surface area contributed by atoms with Crippen LogP contribution in [0.25, 0.3) is 6.08 Å². The summed E-state index contributed by atoms with van der Waals surface area (Å²) in [5, 5.41) is 11.2. The number of amides is 1. The average Bonchev–Trinajstić information content (AvgIpc) is 2.82. The van der Waals surface area contributed by atoms with Gasteiger partial charge in [0.15, 0.2) is 6.20 Å². The van der Waals surface area contributed by atoms with Crippen LogP contribution in [0.5, 0.6) is 0 Å². The Morgan fingerprint density at radius 3 is 2.53 bits per heavy atom. The number of hydrogen-bond acceptors (Lipinski definition) is 5. The number of anilines is 1. The lowest BCUT2D eigenvalue weighted by Gasteiger charge is -2.10. The minimum atomic E-state index is -0.148. The van der Waals surface area contributed by atoms with E-state index in [4.69, 9.17) is 11.1 Å². The van der Waals surface area contributed by atoms with Crippen molar-refractivity contribution in [1.82, 2.24) is 5.32 Å². The molecule has 34 heavy (non-hydrogen) atoms. The molecule has 0 saturated carbocycles. The molecule has 1 amide bonds. The lowest BCUT2D eigenvalue weighted by molar-refractivity contribution is -0.576.